The molecule has 4 amide bonds. The summed E-state index contributed by atoms with van der Waals surface area (Å²) in [5.41, 5.74) is -0.246. The number of nitrogens with zero attached hydrogens (tertiary/aromatic N) is 3. The zero-order chi connectivity index (χ0) is 37.0. The van der Waals surface area contributed by atoms with Gasteiger partial charge in [0, 0.05) is 29.0 Å². The van der Waals surface area contributed by atoms with Crippen LogP contribution in [0, 0.1) is 5.92 Å². The fourth-order valence-corrected chi connectivity index (χ4v) is 9.69. The Balaban J connectivity index is 1.24. The molecule has 3 heterocycles. The normalized spacial score (nSPS) is 28.2. The Hall–Kier alpha value is -4.20. The number of aryl methyl sites for hydroxylation is 2. The van der Waals surface area contributed by atoms with Crippen molar-refractivity contribution in [1.82, 2.24) is 24.8 Å². The van der Waals surface area contributed by atoms with E-state index in [1.807, 2.05) is 30.4 Å². The summed E-state index contributed by atoms with van der Waals surface area (Å²) < 4.78 is 34.5. The van der Waals surface area contributed by atoms with E-state index in [0.717, 1.165) is 48.6 Å². The molecule has 280 valence electrons. The highest BCUT2D eigenvalue weighted by Crippen LogP contribution is 2.46. The molecule has 3 aliphatic carbocycles. The van der Waals surface area contributed by atoms with Crippen molar-refractivity contribution in [3.8, 4) is 5.88 Å². The second-order valence-electron chi connectivity index (χ2n) is 16.1. The molecule has 5 atom stereocenters. The number of carbonyl (C=O) groups excluding carboxylic acids is 3. The first-order chi connectivity index (χ1) is 24.7. The van der Waals surface area contributed by atoms with E-state index >= 15 is 0 Å². The third-order valence-electron chi connectivity index (χ3n) is 11.2. The van der Waals surface area contributed by atoms with E-state index < -0.39 is 74.3 Å². The van der Waals surface area contributed by atoms with Crippen LogP contribution in [-0.2, 0) is 37.2 Å². The summed E-state index contributed by atoms with van der Waals surface area (Å²) in [5, 5.41) is 14.6. The first-order valence-corrected chi connectivity index (χ1v) is 20.2. The minimum absolute atomic E-state index is 0.00327. The number of hydrogen-bond acceptors (Lipinski definition) is 8. The fraction of sp³-hybridized carbons (Fsp3) is 0.605. The summed E-state index contributed by atoms with van der Waals surface area (Å²) in [4.78, 5) is 63.2. The number of ether oxygens (including phenoxy) is 1. The Morgan fingerprint density at radius 2 is 1.81 bits per heavy atom. The number of carboxylic acid groups (broad SMARTS) is 1. The molecule has 52 heavy (non-hydrogen) atoms. The summed E-state index contributed by atoms with van der Waals surface area (Å²) in [6.07, 6.45) is 8.96. The van der Waals surface area contributed by atoms with Crippen LogP contribution >= 0.6 is 0 Å². The predicted octanol–water partition coefficient (Wildman–Crippen LogP) is 4.22. The van der Waals surface area contributed by atoms with Gasteiger partial charge in [0.25, 0.3) is 5.91 Å². The largest absolute Gasteiger partial charge is 0.472 e. The molecule has 1 aromatic heterocycles. The quantitative estimate of drug-likeness (QED) is 0.367. The van der Waals surface area contributed by atoms with Gasteiger partial charge in [-0.15, -0.1) is 0 Å². The van der Waals surface area contributed by atoms with Crippen molar-refractivity contribution in [2.24, 2.45) is 5.92 Å². The van der Waals surface area contributed by atoms with Crippen molar-refractivity contribution in [1.29, 1.82) is 0 Å². The first kappa shape index (κ1) is 36.2. The summed E-state index contributed by atoms with van der Waals surface area (Å²) in [5.74, 6) is -1.92. The van der Waals surface area contributed by atoms with E-state index in [2.05, 4.69) is 16.1 Å². The molecular formula is C38H49N5O8S. The van der Waals surface area contributed by atoms with Crippen molar-refractivity contribution < 1.29 is 37.4 Å². The number of carbonyl (C=O) groups is 4. The molecule has 13 nitrogen and oxygen atoms in total. The van der Waals surface area contributed by atoms with E-state index in [-0.39, 0.29) is 25.8 Å². The highest BCUT2D eigenvalue weighted by atomic mass is 32.2. The second kappa shape index (κ2) is 13.7. The van der Waals surface area contributed by atoms with Crippen LogP contribution in [0.2, 0.25) is 0 Å². The molecule has 0 radical (unpaired) electrons. The zero-order valence-electron chi connectivity index (χ0n) is 30.1. The molecule has 0 unspecified atom stereocenters. The van der Waals surface area contributed by atoms with Crippen LogP contribution in [-0.4, -0.2) is 93.2 Å². The highest BCUT2D eigenvalue weighted by Gasteiger charge is 2.62. The molecule has 0 spiro atoms. The van der Waals surface area contributed by atoms with Crippen LogP contribution in [0.5, 0.6) is 5.88 Å². The van der Waals surface area contributed by atoms with Crippen molar-refractivity contribution in [2.45, 2.75) is 132 Å². The van der Waals surface area contributed by atoms with Crippen LogP contribution in [0.3, 0.4) is 0 Å². The number of aromatic nitrogens is 1. The van der Waals surface area contributed by atoms with Crippen LogP contribution in [0.25, 0.3) is 10.8 Å². The molecule has 3 N–H and O–H groups in total. The molecule has 3 fully saturated rings. The van der Waals surface area contributed by atoms with Gasteiger partial charge in [-0.1, -0.05) is 43.2 Å². The lowest BCUT2D eigenvalue weighted by molar-refractivity contribution is -0.144. The van der Waals surface area contributed by atoms with E-state index in [1.54, 1.807) is 20.8 Å². The number of benzene rings is 1. The molecule has 5 aliphatic rings. The van der Waals surface area contributed by atoms with Gasteiger partial charge in [0.15, 0.2) is 0 Å². The van der Waals surface area contributed by atoms with Crippen molar-refractivity contribution in [2.75, 3.05) is 6.54 Å². The Morgan fingerprint density at radius 1 is 1.06 bits per heavy atom. The van der Waals surface area contributed by atoms with E-state index in [4.69, 9.17) is 9.72 Å². The number of hydrogen-bond donors (Lipinski definition) is 3. The molecule has 2 saturated carbocycles. The molecule has 14 heteroatoms. The van der Waals surface area contributed by atoms with Gasteiger partial charge in [-0.3, -0.25) is 24.0 Å². The molecular weight excluding hydrogens is 687 g/mol. The van der Waals surface area contributed by atoms with Crippen LogP contribution < -0.4 is 14.8 Å². The first-order valence-electron chi connectivity index (χ1n) is 18.6. The average molecular weight is 736 g/mol. The standard InChI is InChI=1S/C38H49N5O8S/c1-37(2,3)43(36(47)48)30-17-8-6-4-5-7-12-23-21-38(23,35(46)41-52(49,50)25-18-19-25)40-32(44)31-20-24(22-42(31)34(30)45)51-33-28-14-10-9-13-26(28)27-15-11-16-29(27)39-33/h7,9-10,12-14,23-25,30-31H,4-6,8,11,15-22H2,1-3H3,(H,40,44)(H,41,46)(H,47,48)/t23-,24-,30+,31+,38-/m1/s1. The lowest BCUT2D eigenvalue weighted by atomic mass is 9.98. The van der Waals surface area contributed by atoms with E-state index in [0.29, 0.717) is 31.6 Å². The number of allylic oxidation sites excluding steroid dienone is 1. The van der Waals surface area contributed by atoms with Gasteiger partial charge in [0.05, 0.1) is 11.8 Å². The highest BCUT2D eigenvalue weighted by molar-refractivity contribution is 7.91. The lowest BCUT2D eigenvalue weighted by Crippen LogP contribution is -2.60. The SMILES string of the molecule is CC(C)(C)N(C(=O)O)[C@H]1CCCCCC=C[C@@H]2C[C@@]2(C(=O)NS(=O)(=O)C2CC2)NC(=O)[C@@H]2C[C@@H](Oc3nc4c(c5ccccc35)CCC4)CN2C1=O. The third-order valence-corrected chi connectivity index (χ3v) is 13.1. The number of rotatable bonds is 6. The number of amides is 4. The topological polar surface area (TPSA) is 175 Å². The van der Waals surface area contributed by atoms with Crippen LogP contribution in [0.1, 0.15) is 96.2 Å². The van der Waals surface area contributed by atoms with Gasteiger partial charge in [0.1, 0.15) is 23.7 Å². The summed E-state index contributed by atoms with van der Waals surface area (Å²) in [6.45, 7) is 5.22. The van der Waals surface area contributed by atoms with Gasteiger partial charge in [-0.25, -0.2) is 18.2 Å². The van der Waals surface area contributed by atoms with Crippen molar-refractivity contribution in [3.05, 3.63) is 47.7 Å². The molecule has 1 aromatic carbocycles. The maximum Gasteiger partial charge on any atom is 0.408 e. The van der Waals surface area contributed by atoms with Gasteiger partial charge in [0.2, 0.25) is 27.7 Å². The third kappa shape index (κ3) is 6.97. The number of nitrogens with one attached hydrogen (secondary N) is 2. The van der Waals surface area contributed by atoms with E-state index in [1.165, 1.54) is 15.4 Å². The fourth-order valence-electron chi connectivity index (χ4n) is 8.33. The van der Waals surface area contributed by atoms with Gasteiger partial charge >= 0.3 is 6.09 Å². The minimum Gasteiger partial charge on any atom is -0.472 e. The Labute approximate surface area is 304 Å². The lowest BCUT2D eigenvalue weighted by Gasteiger charge is -2.41. The van der Waals surface area contributed by atoms with Crippen LogP contribution in [0.4, 0.5) is 4.79 Å². The summed E-state index contributed by atoms with van der Waals surface area (Å²) in [6, 6.07) is 5.71. The number of fused-ring (bicyclic) bond motifs is 5. The Morgan fingerprint density at radius 3 is 2.52 bits per heavy atom. The Kier molecular flexibility index (Phi) is 9.50. The van der Waals surface area contributed by atoms with Gasteiger partial charge in [-0.05, 0) is 95.6 Å². The molecule has 2 aromatic rings. The van der Waals surface area contributed by atoms with Gasteiger partial charge in [-0.2, -0.15) is 0 Å². The van der Waals surface area contributed by atoms with Crippen LogP contribution in [0.15, 0.2) is 36.4 Å². The molecule has 1 saturated heterocycles. The second-order valence-corrected chi connectivity index (χ2v) is 18.0. The average Bonchev–Trinajstić information content (AvgIpc) is 3.96. The molecule has 7 rings (SSSR count). The number of pyridine rings is 1. The van der Waals surface area contributed by atoms with E-state index in [9.17, 15) is 32.7 Å². The summed E-state index contributed by atoms with van der Waals surface area (Å²) >= 11 is 0. The smallest absolute Gasteiger partial charge is 0.408 e. The molecule has 0 bridgehead atoms. The monoisotopic (exact) mass is 735 g/mol. The maximum atomic E-state index is 14.7. The Bertz CT molecular complexity index is 1920. The van der Waals surface area contributed by atoms with Gasteiger partial charge < -0.3 is 20.1 Å². The number of sulfonamides is 1. The minimum atomic E-state index is -3.89. The molecule has 2 aliphatic heterocycles. The van der Waals surface area contributed by atoms with Crippen molar-refractivity contribution in [3.63, 3.8) is 0 Å². The van der Waals surface area contributed by atoms with Crippen molar-refractivity contribution >= 4 is 44.6 Å². The maximum absolute atomic E-state index is 14.7. The summed E-state index contributed by atoms with van der Waals surface area (Å²) in [7, 11) is -3.89. The zero-order valence-corrected chi connectivity index (χ0v) is 30.9. The predicted molar refractivity (Wildman–Crippen MR) is 193 cm³/mol.